The average Bonchev–Trinajstić information content (AvgIpc) is 2.41. The van der Waals surface area contributed by atoms with Gasteiger partial charge >= 0.3 is 0 Å². The number of hydrogen-bond acceptors (Lipinski definition) is 1. The number of hydrogen-bond donors (Lipinski definition) is 1. The van der Waals surface area contributed by atoms with E-state index in [0.29, 0.717) is 0 Å². The summed E-state index contributed by atoms with van der Waals surface area (Å²) in [5.41, 5.74) is 4.35. The van der Waals surface area contributed by atoms with Crippen molar-refractivity contribution in [3.05, 3.63) is 24.8 Å². The fourth-order valence-electron chi connectivity index (χ4n) is 3.90. The molecular weight excluding hydrogens is 189 g/mol. The topological polar surface area (TPSA) is 26.0 Å². The second-order valence-electron chi connectivity index (χ2n) is 5.60. The van der Waals surface area contributed by atoms with E-state index in [1.54, 1.807) is 13.0 Å². The molecule has 2 unspecified atom stereocenters. The first kappa shape index (κ1) is 10.9. The number of halogens is 1. The van der Waals surface area contributed by atoms with Crippen LogP contribution in [-0.4, -0.2) is 11.2 Å². The Kier molecular flexibility index (Phi) is 1.72. The molecule has 0 aromatic carbocycles. The van der Waals surface area contributed by atoms with E-state index in [0.717, 1.165) is 18.4 Å². The molecule has 0 radical (unpaired) electrons. The molecule has 2 rings (SSSR count). The quantitative estimate of drug-likeness (QED) is 0.695. The van der Waals surface area contributed by atoms with Crippen molar-refractivity contribution in [3.63, 3.8) is 0 Å². The van der Waals surface area contributed by atoms with Crippen LogP contribution in [0.3, 0.4) is 0 Å². The van der Waals surface area contributed by atoms with Crippen LogP contribution in [0.4, 0.5) is 4.39 Å². The van der Waals surface area contributed by atoms with Gasteiger partial charge in [0.1, 0.15) is 5.67 Å². The third-order valence-corrected chi connectivity index (χ3v) is 5.40. The van der Waals surface area contributed by atoms with Gasteiger partial charge in [0.05, 0.1) is 5.54 Å². The maximum Gasteiger partial charge on any atom is 0.138 e. The lowest BCUT2D eigenvalue weighted by molar-refractivity contribution is 0.174. The van der Waals surface area contributed by atoms with Crippen LogP contribution in [0, 0.1) is 10.8 Å². The van der Waals surface area contributed by atoms with Crippen molar-refractivity contribution in [3.8, 4) is 0 Å². The molecular formula is C13H20FN. The number of rotatable bonds is 2. The fraction of sp³-hybridized carbons (Fsp3) is 0.692. The maximum absolute atomic E-state index is 14.6. The summed E-state index contributed by atoms with van der Waals surface area (Å²) in [6, 6.07) is 0. The smallest absolute Gasteiger partial charge is 0.138 e. The Labute approximate surface area is 91.2 Å². The Balaban J connectivity index is 2.56. The van der Waals surface area contributed by atoms with Crippen molar-refractivity contribution in [1.82, 2.24) is 0 Å². The Hall–Kier alpha value is -0.630. The highest BCUT2D eigenvalue weighted by atomic mass is 19.1. The average molecular weight is 209 g/mol. The minimum Gasteiger partial charge on any atom is -0.321 e. The second-order valence-corrected chi connectivity index (χ2v) is 5.60. The van der Waals surface area contributed by atoms with Gasteiger partial charge in [0.25, 0.3) is 0 Å². The van der Waals surface area contributed by atoms with Crippen molar-refractivity contribution in [2.24, 2.45) is 16.6 Å². The molecule has 2 aliphatic rings. The molecule has 4 atom stereocenters. The Bertz CT molecular complexity index is 360. The first-order valence-electron chi connectivity index (χ1n) is 5.49. The van der Waals surface area contributed by atoms with Gasteiger partial charge in [0, 0.05) is 10.8 Å². The molecule has 0 saturated heterocycles. The molecule has 2 heteroatoms. The third kappa shape index (κ3) is 0.709. The molecule has 2 aliphatic carbocycles. The van der Waals surface area contributed by atoms with E-state index in [2.05, 4.69) is 13.2 Å². The van der Waals surface area contributed by atoms with Gasteiger partial charge in [-0.25, -0.2) is 4.39 Å². The van der Waals surface area contributed by atoms with Crippen molar-refractivity contribution in [1.29, 1.82) is 0 Å². The van der Waals surface area contributed by atoms with Gasteiger partial charge in [0.15, 0.2) is 0 Å². The van der Waals surface area contributed by atoms with E-state index in [9.17, 15) is 4.39 Å². The summed E-state index contributed by atoms with van der Waals surface area (Å²) in [5, 5.41) is 0. The van der Waals surface area contributed by atoms with Crippen molar-refractivity contribution >= 4 is 0 Å². The highest BCUT2D eigenvalue weighted by molar-refractivity contribution is 5.51. The molecule has 0 amide bonds. The molecule has 0 spiro atoms. The van der Waals surface area contributed by atoms with Gasteiger partial charge in [-0.1, -0.05) is 25.2 Å². The number of alkyl halides is 1. The number of fused-ring (bicyclic) bond motifs is 1. The van der Waals surface area contributed by atoms with Crippen LogP contribution < -0.4 is 5.73 Å². The zero-order valence-electron chi connectivity index (χ0n) is 9.86. The molecule has 2 fully saturated rings. The molecule has 15 heavy (non-hydrogen) atoms. The summed E-state index contributed by atoms with van der Waals surface area (Å²) in [6.07, 6.45) is 3.41. The van der Waals surface area contributed by atoms with Crippen LogP contribution in [0.2, 0.25) is 0 Å². The summed E-state index contributed by atoms with van der Waals surface area (Å²) in [5.74, 6) is 0. The molecule has 1 nitrogen and oxygen atoms in total. The summed E-state index contributed by atoms with van der Waals surface area (Å²) in [4.78, 5) is 0. The molecule has 0 bridgehead atoms. The Morgan fingerprint density at radius 3 is 2.20 bits per heavy atom. The van der Waals surface area contributed by atoms with Crippen LogP contribution in [0.5, 0.6) is 0 Å². The van der Waals surface area contributed by atoms with Crippen LogP contribution in [0.15, 0.2) is 24.8 Å². The zero-order chi connectivity index (χ0) is 11.7. The van der Waals surface area contributed by atoms with E-state index >= 15 is 0 Å². The van der Waals surface area contributed by atoms with Crippen LogP contribution in [-0.2, 0) is 0 Å². The fourth-order valence-corrected chi connectivity index (χ4v) is 3.90. The summed E-state index contributed by atoms with van der Waals surface area (Å²) in [6.45, 7) is 13.3. The van der Waals surface area contributed by atoms with Gasteiger partial charge in [0.2, 0.25) is 0 Å². The van der Waals surface area contributed by atoms with Gasteiger partial charge in [-0.05, 0) is 26.7 Å². The van der Waals surface area contributed by atoms with Crippen LogP contribution in [0.25, 0.3) is 0 Å². The first-order valence-corrected chi connectivity index (χ1v) is 5.49. The van der Waals surface area contributed by atoms with Gasteiger partial charge in [-0.3, -0.25) is 0 Å². The first-order chi connectivity index (χ1) is 6.71. The summed E-state index contributed by atoms with van der Waals surface area (Å²) in [7, 11) is 0. The van der Waals surface area contributed by atoms with E-state index in [1.165, 1.54) is 0 Å². The maximum atomic E-state index is 14.6. The highest BCUT2D eigenvalue weighted by Crippen LogP contribution is 2.81. The van der Waals surface area contributed by atoms with Crippen molar-refractivity contribution < 1.29 is 4.39 Å². The van der Waals surface area contributed by atoms with Crippen LogP contribution in [0.1, 0.15) is 33.6 Å². The van der Waals surface area contributed by atoms with Gasteiger partial charge in [-0.15, -0.1) is 6.58 Å². The molecule has 0 aromatic heterocycles. The minimum atomic E-state index is -1.34. The van der Waals surface area contributed by atoms with Crippen molar-refractivity contribution in [2.75, 3.05) is 0 Å². The summed E-state index contributed by atoms with van der Waals surface area (Å²) < 4.78 is 14.6. The Morgan fingerprint density at radius 2 is 1.93 bits per heavy atom. The van der Waals surface area contributed by atoms with E-state index in [1.807, 2.05) is 13.8 Å². The van der Waals surface area contributed by atoms with E-state index in [4.69, 9.17) is 5.73 Å². The monoisotopic (exact) mass is 209 g/mol. The lowest BCUT2D eigenvalue weighted by atomic mass is 9.73. The lowest BCUT2D eigenvalue weighted by Gasteiger charge is -2.35. The molecule has 0 aromatic rings. The highest BCUT2D eigenvalue weighted by Gasteiger charge is 2.91. The molecule has 84 valence electrons. The zero-order valence-corrected chi connectivity index (χ0v) is 9.86. The molecule has 0 aliphatic heterocycles. The third-order valence-electron chi connectivity index (χ3n) is 5.40. The lowest BCUT2D eigenvalue weighted by Crippen LogP contribution is -2.46. The van der Waals surface area contributed by atoms with Crippen LogP contribution >= 0.6 is 0 Å². The normalized spacial score (nSPS) is 57.4. The predicted molar refractivity (Wildman–Crippen MR) is 61.2 cm³/mol. The van der Waals surface area contributed by atoms with Gasteiger partial charge < -0.3 is 5.73 Å². The minimum absolute atomic E-state index is 0.301. The molecule has 0 heterocycles. The SMILES string of the molecule is C=CC12CC[C@@](C)(C(=C)C)C1(N)[C@]2(C)F. The Morgan fingerprint density at radius 1 is 1.40 bits per heavy atom. The predicted octanol–water partition coefficient (Wildman–Crippen LogP) is 2.97. The summed E-state index contributed by atoms with van der Waals surface area (Å²) >= 11 is 0. The van der Waals surface area contributed by atoms with Gasteiger partial charge in [-0.2, -0.15) is 0 Å². The largest absolute Gasteiger partial charge is 0.321 e. The standard InChI is InChI=1S/C13H20FN/c1-6-12-8-7-10(4,9(2)3)13(12,15)11(12,5)14/h6H,1-2,7-8,15H2,3-5H3/t10-,11+,12?,13?/m0/s1. The second kappa shape index (κ2) is 2.37. The van der Waals surface area contributed by atoms with Crippen molar-refractivity contribution in [2.45, 2.75) is 44.8 Å². The molecule has 2 N–H and O–H groups in total. The molecule has 2 saturated carbocycles. The number of nitrogens with two attached hydrogens (primary N) is 1. The van der Waals surface area contributed by atoms with E-state index in [-0.39, 0.29) is 5.41 Å². The van der Waals surface area contributed by atoms with E-state index < -0.39 is 16.6 Å².